The van der Waals surface area contributed by atoms with E-state index < -0.39 is 0 Å². The molecule has 0 radical (unpaired) electrons. The number of para-hydroxylation sites is 1. The van der Waals surface area contributed by atoms with Gasteiger partial charge in [0.15, 0.2) is 5.82 Å². The minimum Gasteiger partial charge on any atom is -0.360 e. The van der Waals surface area contributed by atoms with Gasteiger partial charge in [-0.15, -0.1) is 11.3 Å². The average molecular weight is 454 g/mol. The Hall–Kier alpha value is -3.50. The first-order valence-corrected chi connectivity index (χ1v) is 11.1. The Bertz CT molecular complexity index is 1100. The first-order chi connectivity index (χ1) is 15.5. The Kier molecular flexibility index (Phi) is 6.62. The predicted molar refractivity (Wildman–Crippen MR) is 121 cm³/mol. The van der Waals surface area contributed by atoms with E-state index in [1.807, 2.05) is 16.3 Å². The number of rotatable bonds is 6. The smallest absolute Gasteiger partial charge is 0.265 e. The fourth-order valence-corrected chi connectivity index (χ4v) is 4.08. The molecule has 32 heavy (non-hydrogen) atoms. The summed E-state index contributed by atoms with van der Waals surface area (Å²) in [6, 6.07) is 12.2. The number of carbonyl (C=O) groups excluding carboxylic acids is 3. The Morgan fingerprint density at radius 2 is 1.84 bits per heavy atom. The van der Waals surface area contributed by atoms with E-state index in [1.54, 1.807) is 48.2 Å². The molecule has 4 rings (SSSR count). The molecule has 0 aliphatic carbocycles. The van der Waals surface area contributed by atoms with Gasteiger partial charge < -0.3 is 20.1 Å². The van der Waals surface area contributed by atoms with Gasteiger partial charge in [-0.1, -0.05) is 23.4 Å². The zero-order valence-electron chi connectivity index (χ0n) is 17.5. The van der Waals surface area contributed by atoms with E-state index >= 15 is 0 Å². The molecule has 2 aromatic heterocycles. The SMILES string of the molecule is Cc1cc(NC(=O)CN2CCN(C(=O)c3ccccc3NC(=O)c3cccs3)CC2)no1. The Balaban J connectivity index is 1.32. The molecule has 3 aromatic rings. The normalized spacial score (nSPS) is 14.2. The first kappa shape index (κ1) is 21.7. The molecule has 1 saturated heterocycles. The molecule has 9 nitrogen and oxygen atoms in total. The van der Waals surface area contributed by atoms with Crippen molar-refractivity contribution in [3.8, 4) is 0 Å². The van der Waals surface area contributed by atoms with Crippen molar-refractivity contribution in [2.24, 2.45) is 0 Å². The first-order valence-electron chi connectivity index (χ1n) is 10.2. The lowest BCUT2D eigenvalue weighted by atomic mass is 10.1. The number of carbonyl (C=O) groups is 3. The van der Waals surface area contributed by atoms with Crippen LogP contribution in [0.2, 0.25) is 0 Å². The van der Waals surface area contributed by atoms with Crippen LogP contribution in [0.25, 0.3) is 0 Å². The van der Waals surface area contributed by atoms with Gasteiger partial charge in [-0.25, -0.2) is 0 Å². The van der Waals surface area contributed by atoms with E-state index in [1.165, 1.54) is 11.3 Å². The molecule has 1 aliphatic rings. The summed E-state index contributed by atoms with van der Waals surface area (Å²) in [5.41, 5.74) is 0.936. The molecule has 0 bridgehead atoms. The molecule has 3 amide bonds. The van der Waals surface area contributed by atoms with Crippen molar-refractivity contribution >= 4 is 40.6 Å². The maximum atomic E-state index is 13.1. The van der Waals surface area contributed by atoms with Crippen LogP contribution in [0.4, 0.5) is 11.5 Å². The number of nitrogens with zero attached hydrogens (tertiary/aromatic N) is 3. The minimum atomic E-state index is -0.238. The molecule has 166 valence electrons. The van der Waals surface area contributed by atoms with Crippen LogP contribution in [0.15, 0.2) is 52.4 Å². The topological polar surface area (TPSA) is 108 Å². The van der Waals surface area contributed by atoms with Crippen LogP contribution in [-0.4, -0.2) is 65.4 Å². The minimum absolute atomic E-state index is 0.144. The highest BCUT2D eigenvalue weighted by molar-refractivity contribution is 7.12. The van der Waals surface area contributed by atoms with Crippen LogP contribution in [0.1, 0.15) is 25.8 Å². The second-order valence-electron chi connectivity index (χ2n) is 7.42. The van der Waals surface area contributed by atoms with Crippen molar-refractivity contribution in [2.45, 2.75) is 6.92 Å². The molecular formula is C22H23N5O4S. The van der Waals surface area contributed by atoms with Crippen molar-refractivity contribution < 1.29 is 18.9 Å². The largest absolute Gasteiger partial charge is 0.360 e. The lowest BCUT2D eigenvalue weighted by Gasteiger charge is -2.34. The number of amides is 3. The van der Waals surface area contributed by atoms with Crippen LogP contribution >= 0.6 is 11.3 Å². The number of nitrogens with one attached hydrogen (secondary N) is 2. The molecule has 0 atom stereocenters. The Morgan fingerprint density at radius 3 is 2.53 bits per heavy atom. The van der Waals surface area contributed by atoms with Crippen molar-refractivity contribution in [3.05, 3.63) is 64.0 Å². The lowest BCUT2D eigenvalue weighted by molar-refractivity contribution is -0.117. The van der Waals surface area contributed by atoms with Gasteiger partial charge in [0.05, 0.1) is 22.7 Å². The Labute approximate surface area is 189 Å². The number of anilines is 2. The highest BCUT2D eigenvalue weighted by Gasteiger charge is 2.25. The predicted octanol–water partition coefficient (Wildman–Crippen LogP) is 2.69. The van der Waals surface area contributed by atoms with E-state index in [-0.39, 0.29) is 24.3 Å². The molecule has 2 N–H and O–H groups in total. The van der Waals surface area contributed by atoms with Gasteiger partial charge in [0.25, 0.3) is 11.8 Å². The van der Waals surface area contributed by atoms with Gasteiger partial charge in [0.2, 0.25) is 5.91 Å². The van der Waals surface area contributed by atoms with Gasteiger partial charge in [-0.3, -0.25) is 19.3 Å². The summed E-state index contributed by atoms with van der Waals surface area (Å²) in [4.78, 5) is 42.1. The van der Waals surface area contributed by atoms with E-state index in [2.05, 4.69) is 15.8 Å². The van der Waals surface area contributed by atoms with Gasteiger partial charge >= 0.3 is 0 Å². The summed E-state index contributed by atoms with van der Waals surface area (Å²) >= 11 is 1.34. The quantitative estimate of drug-likeness (QED) is 0.594. The van der Waals surface area contributed by atoms with E-state index in [9.17, 15) is 14.4 Å². The van der Waals surface area contributed by atoms with Crippen molar-refractivity contribution in [3.63, 3.8) is 0 Å². The maximum Gasteiger partial charge on any atom is 0.265 e. The molecule has 0 unspecified atom stereocenters. The van der Waals surface area contributed by atoms with E-state index in [0.29, 0.717) is 53.9 Å². The summed E-state index contributed by atoms with van der Waals surface area (Å²) in [6.07, 6.45) is 0. The molecule has 3 heterocycles. The zero-order valence-corrected chi connectivity index (χ0v) is 18.4. The fourth-order valence-electron chi connectivity index (χ4n) is 3.46. The zero-order chi connectivity index (χ0) is 22.5. The highest BCUT2D eigenvalue weighted by atomic mass is 32.1. The number of benzene rings is 1. The number of hydrogen-bond donors (Lipinski definition) is 2. The molecule has 1 aliphatic heterocycles. The van der Waals surface area contributed by atoms with Gasteiger partial charge in [-0.2, -0.15) is 0 Å². The van der Waals surface area contributed by atoms with Crippen LogP contribution in [0.5, 0.6) is 0 Å². The molecule has 10 heteroatoms. The van der Waals surface area contributed by atoms with Gasteiger partial charge in [0.1, 0.15) is 5.76 Å². The number of aryl methyl sites for hydroxylation is 1. The van der Waals surface area contributed by atoms with Gasteiger partial charge in [-0.05, 0) is 30.5 Å². The molecular weight excluding hydrogens is 430 g/mol. The van der Waals surface area contributed by atoms with Gasteiger partial charge in [0, 0.05) is 32.2 Å². The fraction of sp³-hybridized carbons (Fsp3) is 0.273. The van der Waals surface area contributed by atoms with Crippen LogP contribution < -0.4 is 10.6 Å². The Morgan fingerprint density at radius 1 is 1.06 bits per heavy atom. The molecule has 0 saturated carbocycles. The number of aromatic nitrogens is 1. The third kappa shape index (κ3) is 5.21. The number of hydrogen-bond acceptors (Lipinski definition) is 7. The third-order valence-electron chi connectivity index (χ3n) is 5.07. The maximum absolute atomic E-state index is 13.1. The lowest BCUT2D eigenvalue weighted by Crippen LogP contribution is -2.50. The number of piperazine rings is 1. The number of thiophene rings is 1. The summed E-state index contributed by atoms with van der Waals surface area (Å²) in [7, 11) is 0. The second-order valence-corrected chi connectivity index (χ2v) is 8.36. The average Bonchev–Trinajstić information content (AvgIpc) is 3.46. The van der Waals surface area contributed by atoms with Crippen LogP contribution in [-0.2, 0) is 4.79 Å². The third-order valence-corrected chi connectivity index (χ3v) is 5.94. The summed E-state index contributed by atoms with van der Waals surface area (Å²) < 4.78 is 4.94. The molecule has 1 fully saturated rings. The molecule has 0 spiro atoms. The van der Waals surface area contributed by atoms with Crippen molar-refractivity contribution in [1.82, 2.24) is 15.0 Å². The monoisotopic (exact) mass is 453 g/mol. The van der Waals surface area contributed by atoms with E-state index in [4.69, 9.17) is 4.52 Å². The van der Waals surface area contributed by atoms with Crippen molar-refractivity contribution in [2.75, 3.05) is 43.4 Å². The standard InChI is InChI=1S/C22H23N5O4S/c1-15-13-19(25-31-15)24-20(28)14-26-8-10-27(11-9-26)22(30)16-5-2-3-6-17(16)23-21(29)18-7-4-12-32-18/h2-7,12-13H,8-11,14H2,1H3,(H,23,29)(H,24,25,28). The summed E-state index contributed by atoms with van der Waals surface area (Å²) in [5.74, 6) is 0.453. The van der Waals surface area contributed by atoms with Crippen LogP contribution in [0.3, 0.4) is 0 Å². The van der Waals surface area contributed by atoms with Crippen molar-refractivity contribution in [1.29, 1.82) is 0 Å². The summed E-state index contributed by atoms with van der Waals surface area (Å²) in [5, 5.41) is 11.1. The highest BCUT2D eigenvalue weighted by Crippen LogP contribution is 2.20. The van der Waals surface area contributed by atoms with Crippen LogP contribution in [0, 0.1) is 6.92 Å². The van der Waals surface area contributed by atoms with E-state index in [0.717, 1.165) is 0 Å². The molecule has 1 aromatic carbocycles. The summed E-state index contributed by atoms with van der Waals surface area (Å²) in [6.45, 7) is 4.08. The second kappa shape index (κ2) is 9.75.